The standard InChI is InChI=1S/C9H15NO3/c11-6-7-2-1-3-8(7)10-4-5-13-9(10)12/h7-8,11H,1-6H2. The summed E-state index contributed by atoms with van der Waals surface area (Å²) in [5, 5.41) is 9.10. The highest BCUT2D eigenvalue weighted by atomic mass is 16.6. The van der Waals surface area contributed by atoms with Crippen LogP contribution in [0, 0.1) is 5.92 Å². The molecule has 1 aliphatic carbocycles. The van der Waals surface area contributed by atoms with E-state index in [1.807, 2.05) is 0 Å². The predicted octanol–water partition coefficient (Wildman–Crippen LogP) is 0.600. The van der Waals surface area contributed by atoms with Crippen LogP contribution in [0.3, 0.4) is 0 Å². The highest BCUT2D eigenvalue weighted by Gasteiger charge is 2.37. The second-order valence-corrected chi connectivity index (χ2v) is 3.75. The Morgan fingerprint density at radius 1 is 1.54 bits per heavy atom. The number of carbonyl (C=O) groups is 1. The summed E-state index contributed by atoms with van der Waals surface area (Å²) in [4.78, 5) is 13.0. The van der Waals surface area contributed by atoms with Crippen molar-refractivity contribution in [2.24, 2.45) is 5.92 Å². The van der Waals surface area contributed by atoms with Crippen LogP contribution in [-0.2, 0) is 4.74 Å². The first-order valence-corrected chi connectivity index (χ1v) is 4.87. The number of nitrogens with zero attached hydrogens (tertiary/aromatic N) is 1. The van der Waals surface area contributed by atoms with Crippen LogP contribution in [0.4, 0.5) is 4.79 Å². The summed E-state index contributed by atoms with van der Waals surface area (Å²) in [7, 11) is 0. The minimum Gasteiger partial charge on any atom is -0.448 e. The molecule has 2 atom stereocenters. The molecule has 1 N–H and O–H groups in total. The quantitative estimate of drug-likeness (QED) is 0.685. The van der Waals surface area contributed by atoms with E-state index in [1.54, 1.807) is 4.90 Å². The average Bonchev–Trinajstić information content (AvgIpc) is 2.71. The Kier molecular flexibility index (Phi) is 2.40. The Bertz CT molecular complexity index is 207. The number of hydrogen-bond donors (Lipinski definition) is 1. The minimum absolute atomic E-state index is 0.189. The van der Waals surface area contributed by atoms with Crippen molar-refractivity contribution in [1.29, 1.82) is 0 Å². The van der Waals surface area contributed by atoms with Crippen LogP contribution in [0.5, 0.6) is 0 Å². The number of cyclic esters (lactones) is 1. The number of carbonyl (C=O) groups excluding carboxylic acids is 1. The molecule has 0 aromatic heterocycles. The van der Waals surface area contributed by atoms with Crippen molar-refractivity contribution in [2.75, 3.05) is 19.8 Å². The molecule has 0 bridgehead atoms. The van der Waals surface area contributed by atoms with Crippen molar-refractivity contribution in [3.8, 4) is 0 Å². The van der Waals surface area contributed by atoms with Crippen molar-refractivity contribution < 1.29 is 14.6 Å². The van der Waals surface area contributed by atoms with Crippen molar-refractivity contribution in [3.63, 3.8) is 0 Å². The molecule has 2 rings (SSSR count). The van der Waals surface area contributed by atoms with Crippen molar-refractivity contribution in [3.05, 3.63) is 0 Å². The fourth-order valence-electron chi connectivity index (χ4n) is 2.35. The third kappa shape index (κ3) is 1.50. The number of aliphatic hydroxyl groups excluding tert-OH is 1. The van der Waals surface area contributed by atoms with E-state index in [1.165, 1.54) is 0 Å². The molecule has 74 valence electrons. The molecule has 0 radical (unpaired) electrons. The lowest BCUT2D eigenvalue weighted by molar-refractivity contribution is 0.123. The highest BCUT2D eigenvalue weighted by molar-refractivity contribution is 5.69. The first-order valence-electron chi connectivity index (χ1n) is 4.87. The van der Waals surface area contributed by atoms with E-state index in [0.29, 0.717) is 13.2 Å². The summed E-state index contributed by atoms with van der Waals surface area (Å²) in [5.41, 5.74) is 0. The van der Waals surface area contributed by atoms with Gasteiger partial charge in [0, 0.05) is 18.6 Å². The van der Waals surface area contributed by atoms with Gasteiger partial charge in [0.25, 0.3) is 0 Å². The van der Waals surface area contributed by atoms with E-state index >= 15 is 0 Å². The van der Waals surface area contributed by atoms with Gasteiger partial charge in [-0.3, -0.25) is 0 Å². The summed E-state index contributed by atoms with van der Waals surface area (Å²) in [6.45, 7) is 1.39. The molecule has 0 aromatic rings. The molecule has 13 heavy (non-hydrogen) atoms. The number of rotatable bonds is 2. The SMILES string of the molecule is O=C1OCCN1C1CCCC1CO. The highest BCUT2D eigenvalue weighted by Crippen LogP contribution is 2.30. The molecule has 2 aliphatic rings. The van der Waals surface area contributed by atoms with Gasteiger partial charge in [0.05, 0.1) is 6.54 Å². The lowest BCUT2D eigenvalue weighted by Gasteiger charge is -2.25. The monoisotopic (exact) mass is 185 g/mol. The summed E-state index contributed by atoms with van der Waals surface area (Å²) in [6.07, 6.45) is 2.95. The molecule has 0 aromatic carbocycles. The first kappa shape index (κ1) is 8.81. The van der Waals surface area contributed by atoms with E-state index < -0.39 is 0 Å². The zero-order chi connectivity index (χ0) is 9.26. The maximum Gasteiger partial charge on any atom is 0.410 e. The summed E-state index contributed by atoms with van der Waals surface area (Å²) < 4.78 is 4.88. The lowest BCUT2D eigenvalue weighted by Crippen LogP contribution is -2.39. The summed E-state index contributed by atoms with van der Waals surface area (Å²) >= 11 is 0. The molecule has 0 spiro atoms. The molecule has 1 amide bonds. The maximum atomic E-state index is 11.2. The van der Waals surface area contributed by atoms with Gasteiger partial charge in [0.2, 0.25) is 0 Å². The fraction of sp³-hybridized carbons (Fsp3) is 0.889. The van der Waals surface area contributed by atoms with Crippen molar-refractivity contribution >= 4 is 6.09 Å². The zero-order valence-corrected chi connectivity index (χ0v) is 7.61. The van der Waals surface area contributed by atoms with Crippen LogP contribution in [-0.4, -0.2) is 41.9 Å². The topological polar surface area (TPSA) is 49.8 Å². The van der Waals surface area contributed by atoms with Gasteiger partial charge < -0.3 is 14.7 Å². The van der Waals surface area contributed by atoms with Crippen LogP contribution in [0.25, 0.3) is 0 Å². The van der Waals surface area contributed by atoms with Gasteiger partial charge in [0.1, 0.15) is 6.61 Å². The van der Waals surface area contributed by atoms with E-state index in [-0.39, 0.29) is 24.7 Å². The van der Waals surface area contributed by atoms with Gasteiger partial charge in [-0.2, -0.15) is 0 Å². The smallest absolute Gasteiger partial charge is 0.410 e. The minimum atomic E-state index is -0.203. The van der Waals surface area contributed by atoms with Crippen LogP contribution in [0.1, 0.15) is 19.3 Å². The largest absolute Gasteiger partial charge is 0.448 e. The number of ether oxygens (including phenoxy) is 1. The Morgan fingerprint density at radius 3 is 3.00 bits per heavy atom. The van der Waals surface area contributed by atoms with Gasteiger partial charge in [-0.25, -0.2) is 4.79 Å². The molecule has 2 unspecified atom stereocenters. The van der Waals surface area contributed by atoms with Gasteiger partial charge in [-0.15, -0.1) is 0 Å². The third-order valence-electron chi connectivity index (χ3n) is 3.05. The predicted molar refractivity (Wildman–Crippen MR) is 46.3 cm³/mol. The van der Waals surface area contributed by atoms with E-state index in [4.69, 9.17) is 9.84 Å². The molecule has 1 heterocycles. The lowest BCUT2D eigenvalue weighted by atomic mass is 10.0. The molecule has 1 saturated heterocycles. The van der Waals surface area contributed by atoms with E-state index in [2.05, 4.69) is 0 Å². The molecule has 4 heteroatoms. The fourth-order valence-corrected chi connectivity index (χ4v) is 2.35. The van der Waals surface area contributed by atoms with Crippen LogP contribution < -0.4 is 0 Å². The molecule has 1 aliphatic heterocycles. The van der Waals surface area contributed by atoms with Crippen LogP contribution in [0.15, 0.2) is 0 Å². The summed E-state index contributed by atoms with van der Waals surface area (Å²) in [6, 6.07) is 0.222. The second kappa shape index (κ2) is 3.54. The summed E-state index contributed by atoms with van der Waals surface area (Å²) in [5.74, 6) is 0.269. The molecule has 2 fully saturated rings. The molecular weight excluding hydrogens is 170 g/mol. The van der Waals surface area contributed by atoms with E-state index in [9.17, 15) is 4.79 Å². The number of amides is 1. The average molecular weight is 185 g/mol. The van der Waals surface area contributed by atoms with Crippen molar-refractivity contribution in [2.45, 2.75) is 25.3 Å². The normalized spacial score (nSPS) is 33.9. The van der Waals surface area contributed by atoms with Gasteiger partial charge >= 0.3 is 6.09 Å². The molecule has 4 nitrogen and oxygen atoms in total. The van der Waals surface area contributed by atoms with Crippen molar-refractivity contribution in [1.82, 2.24) is 4.90 Å². The number of aliphatic hydroxyl groups is 1. The third-order valence-corrected chi connectivity index (χ3v) is 3.05. The Labute approximate surface area is 77.5 Å². The first-order chi connectivity index (χ1) is 6.33. The maximum absolute atomic E-state index is 11.2. The van der Waals surface area contributed by atoms with Crippen LogP contribution in [0.2, 0.25) is 0 Å². The van der Waals surface area contributed by atoms with Crippen LogP contribution >= 0.6 is 0 Å². The van der Waals surface area contributed by atoms with Gasteiger partial charge in [-0.05, 0) is 12.8 Å². The zero-order valence-electron chi connectivity index (χ0n) is 7.61. The van der Waals surface area contributed by atoms with E-state index in [0.717, 1.165) is 19.3 Å². The molecule has 1 saturated carbocycles. The Morgan fingerprint density at radius 2 is 2.38 bits per heavy atom. The van der Waals surface area contributed by atoms with Gasteiger partial charge in [0.15, 0.2) is 0 Å². The Hall–Kier alpha value is -0.770. The molecular formula is C9H15NO3. The van der Waals surface area contributed by atoms with Gasteiger partial charge in [-0.1, -0.05) is 6.42 Å². The Balaban J connectivity index is 2.02. The second-order valence-electron chi connectivity index (χ2n) is 3.75. The number of hydrogen-bond acceptors (Lipinski definition) is 3.